The second-order valence-electron chi connectivity index (χ2n) is 6.34. The Hall–Kier alpha value is -1.06. The molecular formula is C18H32O5S. The Labute approximate surface area is 146 Å². The number of unbranched alkanes of at least 4 members (excludes halogenated alkanes) is 3. The van der Waals surface area contributed by atoms with E-state index in [2.05, 4.69) is 18.8 Å². The van der Waals surface area contributed by atoms with Crippen LogP contribution < -0.4 is 0 Å². The molecule has 0 bridgehead atoms. The van der Waals surface area contributed by atoms with Gasteiger partial charge in [0.05, 0.1) is 11.4 Å². The van der Waals surface area contributed by atoms with Gasteiger partial charge in [-0.15, -0.1) is 11.8 Å². The van der Waals surface area contributed by atoms with Gasteiger partial charge in [-0.1, -0.05) is 26.2 Å². The van der Waals surface area contributed by atoms with E-state index in [1.807, 2.05) is 0 Å². The van der Waals surface area contributed by atoms with Crippen LogP contribution in [0.25, 0.3) is 0 Å². The molecule has 0 saturated carbocycles. The summed E-state index contributed by atoms with van der Waals surface area (Å²) in [7, 11) is -3.17. The predicted molar refractivity (Wildman–Crippen MR) is 96.5 cm³/mol. The highest BCUT2D eigenvalue weighted by molar-refractivity contribution is 7.91. The van der Waals surface area contributed by atoms with E-state index in [1.165, 1.54) is 6.26 Å². The third-order valence-electron chi connectivity index (χ3n) is 3.96. The Morgan fingerprint density at radius 1 is 1.04 bits per heavy atom. The van der Waals surface area contributed by atoms with Gasteiger partial charge in [0.15, 0.2) is 9.84 Å². The number of aliphatic hydroxyl groups excluding tert-OH is 1. The minimum atomic E-state index is -3.17. The SMILES string of the molecule is CCCCCC(O)CCCC(CC#CCCCC(=O)O)S(C)(=O)=O. The number of carbonyl (C=O) groups is 1. The largest absolute Gasteiger partial charge is 0.481 e. The van der Waals surface area contributed by atoms with Crippen molar-refractivity contribution in [2.75, 3.05) is 6.26 Å². The van der Waals surface area contributed by atoms with Crippen LogP contribution in [-0.2, 0) is 14.6 Å². The molecule has 2 unspecified atom stereocenters. The standard InChI is InChI=1S/C18H32O5S/c1-3-4-7-11-16(19)12-10-14-17(24(2,22)23)13-8-5-6-9-15-18(20)21/h16-17,19H,3-4,6-7,9-15H2,1-2H3,(H,20,21). The van der Waals surface area contributed by atoms with E-state index in [9.17, 15) is 18.3 Å². The van der Waals surface area contributed by atoms with Crippen molar-refractivity contribution >= 4 is 15.8 Å². The molecule has 0 amide bonds. The van der Waals surface area contributed by atoms with Gasteiger partial charge in [-0.05, 0) is 32.1 Å². The second-order valence-corrected chi connectivity index (χ2v) is 8.66. The molecular weight excluding hydrogens is 328 g/mol. The average Bonchev–Trinajstić information content (AvgIpc) is 2.47. The van der Waals surface area contributed by atoms with E-state index < -0.39 is 21.1 Å². The maximum Gasteiger partial charge on any atom is 0.303 e. The summed E-state index contributed by atoms with van der Waals surface area (Å²) in [5, 5.41) is 17.9. The number of carboxylic acid groups (broad SMARTS) is 1. The third-order valence-corrected chi connectivity index (χ3v) is 5.57. The van der Waals surface area contributed by atoms with Gasteiger partial charge < -0.3 is 10.2 Å². The molecule has 0 aromatic heterocycles. The maximum absolute atomic E-state index is 11.8. The van der Waals surface area contributed by atoms with Gasteiger partial charge in [0.1, 0.15) is 0 Å². The fourth-order valence-corrected chi connectivity index (χ4v) is 3.41. The van der Waals surface area contributed by atoms with Gasteiger partial charge in [-0.25, -0.2) is 8.42 Å². The molecule has 0 radical (unpaired) electrons. The van der Waals surface area contributed by atoms with Crippen molar-refractivity contribution in [3.8, 4) is 11.8 Å². The Bertz CT molecular complexity index is 501. The maximum atomic E-state index is 11.8. The zero-order chi connectivity index (χ0) is 18.4. The second kappa shape index (κ2) is 13.3. The Morgan fingerprint density at radius 2 is 1.71 bits per heavy atom. The first-order chi connectivity index (χ1) is 11.3. The summed E-state index contributed by atoms with van der Waals surface area (Å²) in [6.07, 6.45) is 8.01. The highest BCUT2D eigenvalue weighted by Crippen LogP contribution is 2.16. The molecule has 5 nitrogen and oxygen atoms in total. The quantitative estimate of drug-likeness (QED) is 0.389. The fraction of sp³-hybridized carbons (Fsp3) is 0.833. The minimum absolute atomic E-state index is 0.0834. The minimum Gasteiger partial charge on any atom is -0.481 e. The number of aliphatic hydroxyl groups is 1. The van der Waals surface area contributed by atoms with Crippen LogP contribution in [0.2, 0.25) is 0 Å². The van der Waals surface area contributed by atoms with E-state index >= 15 is 0 Å². The molecule has 0 aliphatic heterocycles. The average molecular weight is 361 g/mol. The lowest BCUT2D eigenvalue weighted by molar-refractivity contribution is -0.137. The van der Waals surface area contributed by atoms with E-state index in [0.717, 1.165) is 25.7 Å². The van der Waals surface area contributed by atoms with Gasteiger partial charge in [-0.2, -0.15) is 0 Å². The third kappa shape index (κ3) is 13.4. The topological polar surface area (TPSA) is 91.7 Å². The highest BCUT2D eigenvalue weighted by atomic mass is 32.2. The predicted octanol–water partition coefficient (Wildman–Crippen LogP) is 3.16. The lowest BCUT2D eigenvalue weighted by Crippen LogP contribution is -2.20. The monoisotopic (exact) mass is 360 g/mol. The molecule has 140 valence electrons. The first kappa shape index (κ1) is 22.9. The van der Waals surface area contributed by atoms with E-state index in [-0.39, 0.29) is 18.9 Å². The smallest absolute Gasteiger partial charge is 0.303 e. The molecule has 0 aliphatic carbocycles. The molecule has 24 heavy (non-hydrogen) atoms. The van der Waals surface area contributed by atoms with Crippen molar-refractivity contribution in [2.45, 2.75) is 88.9 Å². The van der Waals surface area contributed by atoms with Crippen LogP contribution in [0.1, 0.15) is 77.6 Å². The Morgan fingerprint density at radius 3 is 2.29 bits per heavy atom. The number of sulfone groups is 1. The molecule has 0 rings (SSSR count). The van der Waals surface area contributed by atoms with Gasteiger partial charge in [-0.3, -0.25) is 4.79 Å². The zero-order valence-corrected chi connectivity index (χ0v) is 15.8. The zero-order valence-electron chi connectivity index (χ0n) is 15.0. The number of rotatable bonds is 13. The molecule has 0 aliphatic rings. The summed E-state index contributed by atoms with van der Waals surface area (Å²) in [5.74, 6) is 4.87. The molecule has 2 atom stereocenters. The summed E-state index contributed by atoms with van der Waals surface area (Å²) in [5.41, 5.74) is 0. The molecule has 0 spiro atoms. The number of aliphatic carboxylic acids is 1. The van der Waals surface area contributed by atoms with Crippen LogP contribution in [0, 0.1) is 11.8 Å². The van der Waals surface area contributed by atoms with E-state index in [1.54, 1.807) is 0 Å². The van der Waals surface area contributed by atoms with Gasteiger partial charge in [0.2, 0.25) is 0 Å². The van der Waals surface area contributed by atoms with Gasteiger partial charge in [0.25, 0.3) is 0 Å². The van der Waals surface area contributed by atoms with E-state index in [4.69, 9.17) is 5.11 Å². The summed E-state index contributed by atoms with van der Waals surface area (Å²) in [6.45, 7) is 2.12. The summed E-state index contributed by atoms with van der Waals surface area (Å²) >= 11 is 0. The highest BCUT2D eigenvalue weighted by Gasteiger charge is 2.19. The summed E-state index contributed by atoms with van der Waals surface area (Å²) in [4.78, 5) is 10.4. The summed E-state index contributed by atoms with van der Waals surface area (Å²) in [6, 6.07) is 0. The lowest BCUT2D eigenvalue weighted by atomic mass is 10.0. The Kier molecular flexibility index (Phi) is 12.7. The lowest BCUT2D eigenvalue weighted by Gasteiger charge is -2.14. The van der Waals surface area contributed by atoms with Crippen LogP contribution >= 0.6 is 0 Å². The first-order valence-electron chi connectivity index (χ1n) is 8.81. The molecule has 6 heteroatoms. The van der Waals surface area contributed by atoms with Crippen molar-refractivity contribution in [2.24, 2.45) is 0 Å². The molecule has 0 saturated heterocycles. The van der Waals surface area contributed by atoms with Gasteiger partial charge >= 0.3 is 5.97 Å². The van der Waals surface area contributed by atoms with Crippen molar-refractivity contribution in [1.82, 2.24) is 0 Å². The number of hydrogen-bond donors (Lipinski definition) is 2. The van der Waals surface area contributed by atoms with Crippen molar-refractivity contribution < 1.29 is 23.4 Å². The van der Waals surface area contributed by atoms with Crippen LogP contribution in [-0.4, -0.2) is 42.2 Å². The van der Waals surface area contributed by atoms with Crippen LogP contribution in [0.4, 0.5) is 0 Å². The number of carboxylic acids is 1. The fourth-order valence-electron chi connectivity index (χ4n) is 2.43. The van der Waals surface area contributed by atoms with Crippen LogP contribution in [0.15, 0.2) is 0 Å². The summed E-state index contributed by atoms with van der Waals surface area (Å²) < 4.78 is 23.6. The number of hydrogen-bond acceptors (Lipinski definition) is 4. The Balaban J connectivity index is 4.16. The van der Waals surface area contributed by atoms with E-state index in [0.29, 0.717) is 32.1 Å². The van der Waals surface area contributed by atoms with Crippen molar-refractivity contribution in [3.05, 3.63) is 0 Å². The van der Waals surface area contributed by atoms with Crippen LogP contribution in [0.5, 0.6) is 0 Å². The molecule has 0 fully saturated rings. The molecule has 0 heterocycles. The van der Waals surface area contributed by atoms with Crippen molar-refractivity contribution in [1.29, 1.82) is 0 Å². The normalized spacial score (nSPS) is 13.8. The first-order valence-corrected chi connectivity index (χ1v) is 10.8. The molecule has 2 N–H and O–H groups in total. The molecule has 0 aromatic carbocycles. The van der Waals surface area contributed by atoms with Crippen molar-refractivity contribution in [3.63, 3.8) is 0 Å². The van der Waals surface area contributed by atoms with Gasteiger partial charge in [0, 0.05) is 25.5 Å². The molecule has 0 aromatic rings. The van der Waals surface area contributed by atoms with Crippen LogP contribution in [0.3, 0.4) is 0 Å².